The highest BCUT2D eigenvalue weighted by molar-refractivity contribution is 5.85. The molecule has 0 amide bonds. The van der Waals surface area contributed by atoms with Crippen molar-refractivity contribution in [3.05, 3.63) is 23.8 Å². The number of halogens is 4. The third kappa shape index (κ3) is 5.14. The third-order valence-electron chi connectivity index (χ3n) is 2.15. The van der Waals surface area contributed by atoms with Crippen molar-refractivity contribution in [3.8, 4) is 11.5 Å². The summed E-state index contributed by atoms with van der Waals surface area (Å²) in [5.41, 5.74) is 5.62. The minimum atomic E-state index is -4.27. The minimum Gasteiger partial charge on any atom is -0.508 e. The number of alkyl halides is 3. The summed E-state index contributed by atoms with van der Waals surface area (Å²) < 4.78 is 35.8. The Kier molecular flexibility index (Phi) is 5.57. The Hall–Kier alpha value is -1.14. The van der Waals surface area contributed by atoms with E-state index in [2.05, 4.69) is 0 Å². The number of hydrogen-bond acceptors (Lipinski definition) is 3. The van der Waals surface area contributed by atoms with Gasteiger partial charge in [-0.15, -0.1) is 12.4 Å². The summed E-state index contributed by atoms with van der Waals surface area (Å²) in [4.78, 5) is 0. The maximum Gasteiger partial charge on any atom is 0.389 e. The summed E-state index contributed by atoms with van der Waals surface area (Å²) >= 11 is 0. The van der Waals surface area contributed by atoms with Crippen LogP contribution in [0.3, 0.4) is 0 Å². The summed E-state index contributed by atoms with van der Waals surface area (Å²) in [6.45, 7) is 0. The second-order valence-corrected chi connectivity index (χ2v) is 3.50. The monoisotopic (exact) mass is 271 g/mol. The highest BCUT2D eigenvalue weighted by Crippen LogP contribution is 2.31. The lowest BCUT2D eigenvalue weighted by Crippen LogP contribution is -2.15. The number of aromatic hydroxyl groups is 2. The van der Waals surface area contributed by atoms with E-state index in [9.17, 15) is 18.3 Å². The molecule has 7 heteroatoms. The predicted octanol–water partition coefficient (Wildman–Crippen LogP) is 2.86. The quantitative estimate of drug-likeness (QED) is 0.741. The molecule has 0 aliphatic carbocycles. The van der Waals surface area contributed by atoms with Crippen LogP contribution < -0.4 is 5.73 Å². The molecule has 0 aromatic heterocycles. The maximum atomic E-state index is 11.9. The van der Waals surface area contributed by atoms with Crippen LogP contribution in [0.4, 0.5) is 13.2 Å². The van der Waals surface area contributed by atoms with Gasteiger partial charge in [0.15, 0.2) is 0 Å². The summed E-state index contributed by atoms with van der Waals surface area (Å²) in [5.74, 6) is -0.359. The fourth-order valence-corrected chi connectivity index (χ4v) is 1.31. The molecule has 3 nitrogen and oxygen atoms in total. The van der Waals surface area contributed by atoms with Gasteiger partial charge in [-0.25, -0.2) is 0 Å². The molecule has 1 atom stereocenters. The SMILES string of the molecule is Cl.N[C@@H](CCC(F)(F)F)c1cc(O)ccc1O. The van der Waals surface area contributed by atoms with Gasteiger partial charge in [0.1, 0.15) is 11.5 Å². The molecule has 0 spiro atoms. The summed E-state index contributed by atoms with van der Waals surface area (Å²) in [6, 6.07) is 2.64. The van der Waals surface area contributed by atoms with E-state index < -0.39 is 18.6 Å². The average Bonchev–Trinajstić information content (AvgIpc) is 2.17. The third-order valence-corrected chi connectivity index (χ3v) is 2.15. The Balaban J connectivity index is 0.00000256. The molecule has 17 heavy (non-hydrogen) atoms. The molecule has 0 saturated carbocycles. The topological polar surface area (TPSA) is 66.5 Å². The van der Waals surface area contributed by atoms with Crippen molar-refractivity contribution in [2.24, 2.45) is 5.73 Å². The molecule has 0 bridgehead atoms. The molecule has 1 aromatic carbocycles. The number of benzene rings is 1. The number of phenolic OH excluding ortho intramolecular Hbond substituents is 2. The fraction of sp³-hybridized carbons (Fsp3) is 0.400. The maximum absolute atomic E-state index is 11.9. The van der Waals surface area contributed by atoms with Crippen LogP contribution in [0.1, 0.15) is 24.4 Å². The zero-order valence-corrected chi connectivity index (χ0v) is 9.55. The fourth-order valence-electron chi connectivity index (χ4n) is 1.31. The Morgan fingerprint density at radius 1 is 1.24 bits per heavy atom. The number of hydrogen-bond donors (Lipinski definition) is 3. The average molecular weight is 272 g/mol. The zero-order chi connectivity index (χ0) is 12.3. The Labute approximate surface area is 102 Å². The summed E-state index contributed by atoms with van der Waals surface area (Å²) in [7, 11) is 0. The standard InChI is InChI=1S/C10H12F3NO2.ClH/c11-10(12,13)4-3-8(14)7-5-6(15)1-2-9(7)16;/h1-2,5,8,15-16H,3-4,14H2;1H/t8-;/m0./s1. The van der Waals surface area contributed by atoms with Crippen LogP contribution in [0.25, 0.3) is 0 Å². The Morgan fingerprint density at radius 3 is 2.35 bits per heavy atom. The van der Waals surface area contributed by atoms with Gasteiger partial charge in [-0.2, -0.15) is 13.2 Å². The van der Waals surface area contributed by atoms with E-state index in [-0.39, 0.29) is 35.9 Å². The molecular formula is C10H13ClF3NO2. The number of phenols is 2. The molecule has 98 valence electrons. The van der Waals surface area contributed by atoms with Gasteiger partial charge in [0, 0.05) is 18.0 Å². The zero-order valence-electron chi connectivity index (χ0n) is 8.74. The molecule has 0 radical (unpaired) electrons. The first kappa shape index (κ1) is 15.9. The molecule has 1 rings (SSSR count). The minimum absolute atomic E-state index is 0. The van der Waals surface area contributed by atoms with Crippen molar-refractivity contribution < 1.29 is 23.4 Å². The molecule has 0 unspecified atom stereocenters. The van der Waals surface area contributed by atoms with Crippen molar-refractivity contribution in [3.63, 3.8) is 0 Å². The van der Waals surface area contributed by atoms with Gasteiger partial charge in [-0.05, 0) is 24.6 Å². The van der Waals surface area contributed by atoms with Crippen LogP contribution in [0.15, 0.2) is 18.2 Å². The van der Waals surface area contributed by atoms with Crippen molar-refractivity contribution in [1.82, 2.24) is 0 Å². The van der Waals surface area contributed by atoms with Gasteiger partial charge in [-0.3, -0.25) is 0 Å². The van der Waals surface area contributed by atoms with Gasteiger partial charge >= 0.3 is 6.18 Å². The normalized spacial score (nSPS) is 12.9. The first-order valence-corrected chi connectivity index (χ1v) is 4.64. The highest BCUT2D eigenvalue weighted by atomic mass is 35.5. The van der Waals surface area contributed by atoms with Crippen molar-refractivity contribution >= 4 is 12.4 Å². The van der Waals surface area contributed by atoms with Gasteiger partial charge < -0.3 is 15.9 Å². The molecule has 0 saturated heterocycles. The second kappa shape index (κ2) is 5.97. The van der Waals surface area contributed by atoms with Crippen LogP contribution in [0.5, 0.6) is 11.5 Å². The molecule has 0 aliphatic rings. The van der Waals surface area contributed by atoms with Gasteiger partial charge in [0.25, 0.3) is 0 Å². The van der Waals surface area contributed by atoms with Crippen molar-refractivity contribution in [2.45, 2.75) is 25.1 Å². The number of nitrogens with two attached hydrogens (primary N) is 1. The van der Waals surface area contributed by atoms with E-state index in [0.29, 0.717) is 0 Å². The molecule has 0 aliphatic heterocycles. The van der Waals surface area contributed by atoms with Crippen molar-refractivity contribution in [1.29, 1.82) is 0 Å². The van der Waals surface area contributed by atoms with E-state index in [0.717, 1.165) is 6.07 Å². The lowest BCUT2D eigenvalue weighted by molar-refractivity contribution is -0.136. The Bertz CT molecular complexity index is 371. The van der Waals surface area contributed by atoms with Crippen LogP contribution in [0.2, 0.25) is 0 Å². The first-order valence-electron chi connectivity index (χ1n) is 4.64. The molecule has 4 N–H and O–H groups in total. The smallest absolute Gasteiger partial charge is 0.389 e. The van der Waals surface area contributed by atoms with E-state index >= 15 is 0 Å². The predicted molar refractivity (Wildman–Crippen MR) is 59.2 cm³/mol. The highest BCUT2D eigenvalue weighted by Gasteiger charge is 2.28. The molecule has 1 aromatic rings. The van der Waals surface area contributed by atoms with Crippen LogP contribution >= 0.6 is 12.4 Å². The molecule has 0 fully saturated rings. The van der Waals surface area contributed by atoms with Crippen LogP contribution in [-0.4, -0.2) is 16.4 Å². The van der Waals surface area contributed by atoms with Crippen LogP contribution in [-0.2, 0) is 0 Å². The van der Waals surface area contributed by atoms with Crippen molar-refractivity contribution in [2.75, 3.05) is 0 Å². The lowest BCUT2D eigenvalue weighted by Gasteiger charge is -2.15. The lowest BCUT2D eigenvalue weighted by atomic mass is 10.0. The molecule has 0 heterocycles. The van der Waals surface area contributed by atoms with E-state index in [4.69, 9.17) is 10.8 Å². The van der Waals surface area contributed by atoms with E-state index in [1.54, 1.807) is 0 Å². The van der Waals surface area contributed by atoms with E-state index in [1.807, 2.05) is 0 Å². The summed E-state index contributed by atoms with van der Waals surface area (Å²) in [6.07, 6.45) is -5.63. The van der Waals surface area contributed by atoms with Gasteiger partial charge in [0.2, 0.25) is 0 Å². The van der Waals surface area contributed by atoms with Gasteiger partial charge in [0.05, 0.1) is 0 Å². The van der Waals surface area contributed by atoms with Gasteiger partial charge in [-0.1, -0.05) is 0 Å². The first-order chi connectivity index (χ1) is 7.29. The molecular weight excluding hydrogens is 259 g/mol. The Morgan fingerprint density at radius 2 is 1.82 bits per heavy atom. The van der Waals surface area contributed by atoms with E-state index in [1.165, 1.54) is 12.1 Å². The summed E-state index contributed by atoms with van der Waals surface area (Å²) in [5, 5.41) is 18.5. The largest absolute Gasteiger partial charge is 0.508 e. The second-order valence-electron chi connectivity index (χ2n) is 3.50. The number of rotatable bonds is 3. The van der Waals surface area contributed by atoms with Crippen LogP contribution in [0, 0.1) is 0 Å².